The number of amides is 1. The van der Waals surface area contributed by atoms with Gasteiger partial charge >= 0.3 is 0 Å². The van der Waals surface area contributed by atoms with Gasteiger partial charge in [0.15, 0.2) is 0 Å². The maximum atomic E-state index is 13.0. The molecule has 1 saturated heterocycles. The number of ketones is 1. The molecule has 1 aliphatic heterocycles. The topological polar surface area (TPSA) is 70.1 Å². The van der Waals surface area contributed by atoms with Crippen LogP contribution in [0.3, 0.4) is 0 Å². The Balaban J connectivity index is 2.12. The highest BCUT2D eigenvalue weighted by Gasteiger charge is 2.46. The van der Waals surface area contributed by atoms with Crippen LogP contribution in [0.2, 0.25) is 5.02 Å². The Morgan fingerprint density at radius 1 is 1.23 bits per heavy atom. The number of nitrogens with zero attached hydrogens (tertiary/aromatic N) is 2. The monoisotopic (exact) mass is 440 g/mol. The van der Waals surface area contributed by atoms with Crippen molar-refractivity contribution in [1.82, 2.24) is 9.80 Å². The summed E-state index contributed by atoms with van der Waals surface area (Å²) in [5.41, 5.74) is 1.14. The summed E-state index contributed by atoms with van der Waals surface area (Å²) >= 11 is 5.95. The summed E-state index contributed by atoms with van der Waals surface area (Å²) < 4.78 is 5.63. The number of carbonyl (C=O) groups excluding carboxylic acids is 2. The molecule has 0 unspecified atom stereocenters. The largest absolute Gasteiger partial charge is 0.507 e. The van der Waals surface area contributed by atoms with E-state index in [1.807, 2.05) is 25.1 Å². The average molecular weight is 441 g/mol. The van der Waals surface area contributed by atoms with E-state index in [1.165, 1.54) is 4.90 Å². The lowest BCUT2D eigenvalue weighted by atomic mass is 9.95. The Bertz CT molecular complexity index is 1010. The molecule has 6 nitrogen and oxygen atoms in total. The van der Waals surface area contributed by atoms with E-state index in [9.17, 15) is 14.7 Å². The number of likely N-dealkylation sites (N-methyl/N-ethyl adjacent to an activating group) is 1. The number of hydrogen-bond acceptors (Lipinski definition) is 5. The highest BCUT2D eigenvalue weighted by Crippen LogP contribution is 2.40. The molecule has 1 heterocycles. The van der Waals surface area contributed by atoms with Crippen molar-refractivity contribution in [3.8, 4) is 5.75 Å². The molecule has 162 valence electrons. The van der Waals surface area contributed by atoms with Gasteiger partial charge in [-0.15, -0.1) is 0 Å². The van der Waals surface area contributed by atoms with E-state index in [2.05, 4.69) is 6.58 Å². The molecule has 31 heavy (non-hydrogen) atoms. The molecule has 1 aliphatic rings. The molecule has 0 aliphatic carbocycles. The van der Waals surface area contributed by atoms with Gasteiger partial charge in [0.2, 0.25) is 0 Å². The van der Waals surface area contributed by atoms with Gasteiger partial charge in [0.1, 0.15) is 18.1 Å². The van der Waals surface area contributed by atoms with Crippen molar-refractivity contribution in [2.75, 3.05) is 33.8 Å². The molecule has 2 aromatic carbocycles. The first kappa shape index (κ1) is 22.6. The van der Waals surface area contributed by atoms with Gasteiger partial charge in [-0.25, -0.2) is 0 Å². The van der Waals surface area contributed by atoms with E-state index < -0.39 is 17.7 Å². The van der Waals surface area contributed by atoms with Crippen LogP contribution in [0, 0.1) is 0 Å². The number of aliphatic hydroxyl groups excluding tert-OH is 1. The summed E-state index contributed by atoms with van der Waals surface area (Å²) in [5.74, 6) is -1.000. The summed E-state index contributed by atoms with van der Waals surface area (Å²) in [6.45, 7) is 4.87. The van der Waals surface area contributed by atoms with Crippen LogP contribution in [0.4, 0.5) is 0 Å². The Kier molecular flexibility index (Phi) is 7.15. The minimum Gasteiger partial charge on any atom is -0.507 e. The lowest BCUT2D eigenvalue weighted by Gasteiger charge is -2.26. The molecule has 1 atom stereocenters. The quantitative estimate of drug-likeness (QED) is 0.292. The van der Waals surface area contributed by atoms with E-state index in [4.69, 9.17) is 16.3 Å². The normalized spacial score (nSPS) is 17.9. The van der Waals surface area contributed by atoms with Gasteiger partial charge in [0, 0.05) is 23.7 Å². The number of hydrogen-bond donors (Lipinski definition) is 1. The zero-order chi connectivity index (χ0) is 22.5. The number of benzene rings is 2. The first-order valence-corrected chi connectivity index (χ1v) is 10.2. The van der Waals surface area contributed by atoms with E-state index in [0.29, 0.717) is 41.6 Å². The maximum Gasteiger partial charge on any atom is 0.295 e. The summed E-state index contributed by atoms with van der Waals surface area (Å²) in [6.07, 6.45) is 1.64. The zero-order valence-electron chi connectivity index (χ0n) is 17.5. The minimum absolute atomic E-state index is 0.0481. The Labute approximate surface area is 187 Å². The second-order valence-corrected chi connectivity index (χ2v) is 7.91. The summed E-state index contributed by atoms with van der Waals surface area (Å²) in [5, 5.41) is 11.5. The average Bonchev–Trinajstić information content (AvgIpc) is 3.01. The molecule has 0 bridgehead atoms. The maximum absolute atomic E-state index is 13.0. The van der Waals surface area contributed by atoms with Gasteiger partial charge in [-0.1, -0.05) is 36.4 Å². The third kappa shape index (κ3) is 4.98. The molecule has 0 radical (unpaired) electrons. The highest BCUT2D eigenvalue weighted by atomic mass is 35.5. The van der Waals surface area contributed by atoms with Crippen molar-refractivity contribution in [2.45, 2.75) is 6.04 Å². The van der Waals surface area contributed by atoms with Crippen LogP contribution in [-0.4, -0.2) is 60.4 Å². The molecular formula is C24H25ClN2O4. The van der Waals surface area contributed by atoms with Crippen molar-refractivity contribution in [1.29, 1.82) is 0 Å². The van der Waals surface area contributed by atoms with Gasteiger partial charge < -0.3 is 19.6 Å². The predicted molar refractivity (Wildman–Crippen MR) is 121 cm³/mol. The van der Waals surface area contributed by atoms with E-state index in [0.717, 1.165) is 0 Å². The predicted octanol–water partition coefficient (Wildman–Crippen LogP) is 3.89. The molecule has 0 spiro atoms. The van der Waals surface area contributed by atoms with Crippen molar-refractivity contribution < 1.29 is 19.4 Å². The third-order valence-electron chi connectivity index (χ3n) is 4.99. The Morgan fingerprint density at radius 3 is 2.58 bits per heavy atom. The third-order valence-corrected chi connectivity index (χ3v) is 5.24. The summed E-state index contributed by atoms with van der Waals surface area (Å²) in [7, 11) is 3.78. The minimum atomic E-state index is -0.733. The van der Waals surface area contributed by atoms with Crippen LogP contribution >= 0.6 is 11.6 Å². The van der Waals surface area contributed by atoms with Crippen LogP contribution in [0.15, 0.2) is 66.8 Å². The van der Waals surface area contributed by atoms with Gasteiger partial charge in [-0.2, -0.15) is 0 Å². The molecule has 0 aromatic heterocycles. The molecule has 7 heteroatoms. The van der Waals surface area contributed by atoms with Crippen LogP contribution in [0.1, 0.15) is 17.2 Å². The molecule has 1 amide bonds. The number of rotatable bonds is 8. The van der Waals surface area contributed by atoms with Crippen LogP contribution in [-0.2, 0) is 9.59 Å². The lowest BCUT2D eigenvalue weighted by Crippen LogP contribution is -2.35. The van der Waals surface area contributed by atoms with Crippen molar-refractivity contribution in [3.63, 3.8) is 0 Å². The van der Waals surface area contributed by atoms with Crippen LogP contribution < -0.4 is 4.74 Å². The smallest absolute Gasteiger partial charge is 0.295 e. The summed E-state index contributed by atoms with van der Waals surface area (Å²) in [4.78, 5) is 29.3. The molecule has 1 fully saturated rings. The van der Waals surface area contributed by atoms with Gasteiger partial charge in [0.05, 0.1) is 11.6 Å². The lowest BCUT2D eigenvalue weighted by molar-refractivity contribution is -0.140. The SMILES string of the molecule is C=CCOc1cccc([C@@H]2/C(=C(\O)c3ccc(Cl)cc3)C(=O)C(=O)N2CCN(C)C)c1. The van der Waals surface area contributed by atoms with E-state index in [-0.39, 0.29) is 11.3 Å². The first-order chi connectivity index (χ1) is 14.8. The zero-order valence-corrected chi connectivity index (χ0v) is 18.3. The van der Waals surface area contributed by atoms with Crippen LogP contribution in [0.5, 0.6) is 5.75 Å². The number of Topliss-reactive ketones (excluding diaryl/α,β-unsaturated/α-hetero) is 1. The molecule has 3 rings (SSSR count). The van der Waals surface area contributed by atoms with Crippen molar-refractivity contribution in [3.05, 3.63) is 82.9 Å². The number of ether oxygens (including phenoxy) is 1. The number of likely N-dealkylation sites (tertiary alicyclic amines) is 1. The van der Waals surface area contributed by atoms with Crippen molar-refractivity contribution in [2.24, 2.45) is 0 Å². The first-order valence-electron chi connectivity index (χ1n) is 9.86. The number of carbonyl (C=O) groups is 2. The summed E-state index contributed by atoms with van der Waals surface area (Å²) in [6, 6.07) is 12.9. The van der Waals surface area contributed by atoms with E-state index in [1.54, 1.807) is 48.5 Å². The fraction of sp³-hybridized carbons (Fsp3) is 0.250. The fourth-order valence-corrected chi connectivity index (χ4v) is 3.58. The second kappa shape index (κ2) is 9.81. The van der Waals surface area contributed by atoms with Crippen molar-refractivity contribution >= 4 is 29.1 Å². The van der Waals surface area contributed by atoms with E-state index >= 15 is 0 Å². The standard InChI is InChI=1S/C24H25ClN2O4/c1-4-14-31-19-7-5-6-17(15-19)21-20(22(28)16-8-10-18(25)11-9-16)23(29)24(30)27(21)13-12-26(2)3/h4-11,15,21,28H,1,12-14H2,2-3H3/b22-20+/t21-/m1/s1. The molecule has 0 saturated carbocycles. The number of aliphatic hydroxyl groups is 1. The molecular weight excluding hydrogens is 416 g/mol. The van der Waals surface area contributed by atoms with Gasteiger partial charge in [-0.05, 0) is 56.1 Å². The second-order valence-electron chi connectivity index (χ2n) is 7.47. The molecule has 1 N–H and O–H groups in total. The fourth-order valence-electron chi connectivity index (χ4n) is 3.46. The Hall–Kier alpha value is -3.09. The molecule has 2 aromatic rings. The van der Waals surface area contributed by atoms with Gasteiger partial charge in [-0.3, -0.25) is 9.59 Å². The number of halogens is 1. The van der Waals surface area contributed by atoms with Gasteiger partial charge in [0.25, 0.3) is 11.7 Å². The van der Waals surface area contributed by atoms with Crippen LogP contribution in [0.25, 0.3) is 5.76 Å². The highest BCUT2D eigenvalue weighted by molar-refractivity contribution is 6.46. The Morgan fingerprint density at radius 2 is 1.94 bits per heavy atom.